The van der Waals surface area contributed by atoms with E-state index >= 15 is 0 Å². The van der Waals surface area contributed by atoms with Crippen molar-refractivity contribution >= 4 is 11.6 Å². The zero-order valence-electron chi connectivity index (χ0n) is 9.09. The zero-order valence-corrected chi connectivity index (χ0v) is 9.09. The van der Waals surface area contributed by atoms with Crippen molar-refractivity contribution in [1.29, 1.82) is 0 Å². The molecule has 0 saturated carbocycles. The molecule has 2 rings (SSSR count). The van der Waals surface area contributed by atoms with Crippen molar-refractivity contribution < 1.29 is 22.4 Å². The van der Waals surface area contributed by atoms with Gasteiger partial charge in [0.05, 0.1) is 12.0 Å². The van der Waals surface area contributed by atoms with Crippen LogP contribution in [-0.2, 0) is 4.79 Å². The third kappa shape index (κ3) is 2.25. The van der Waals surface area contributed by atoms with Gasteiger partial charge in [0.25, 0.3) is 0 Å². The SMILES string of the molecule is Nc1ccc(F)c(C2NC(=O)CC2C(F)(F)F)c1. The molecular weight excluding hydrogens is 252 g/mol. The standard InChI is InChI=1S/C11H10F4N2O/c12-8-2-1-5(16)3-6(8)10-7(11(13,14)15)4-9(18)17-10/h1-3,7,10H,4,16H2,(H,17,18). The van der Waals surface area contributed by atoms with Gasteiger partial charge in [0, 0.05) is 17.7 Å². The molecule has 3 N–H and O–H groups in total. The van der Waals surface area contributed by atoms with Crippen molar-refractivity contribution in [2.75, 3.05) is 5.73 Å². The second-order valence-electron chi connectivity index (χ2n) is 4.18. The van der Waals surface area contributed by atoms with E-state index < -0.39 is 36.3 Å². The van der Waals surface area contributed by atoms with E-state index in [-0.39, 0.29) is 11.3 Å². The van der Waals surface area contributed by atoms with E-state index in [2.05, 4.69) is 5.32 Å². The molecule has 2 atom stereocenters. The number of hydrogen-bond donors (Lipinski definition) is 2. The summed E-state index contributed by atoms with van der Waals surface area (Å²) in [6, 6.07) is 1.94. The molecule has 0 aromatic heterocycles. The number of hydrogen-bond acceptors (Lipinski definition) is 2. The van der Waals surface area contributed by atoms with Gasteiger partial charge in [-0.3, -0.25) is 4.79 Å². The lowest BCUT2D eigenvalue weighted by Gasteiger charge is -2.22. The fourth-order valence-electron chi connectivity index (χ4n) is 2.05. The molecule has 1 heterocycles. The van der Waals surface area contributed by atoms with Crippen molar-refractivity contribution in [3.63, 3.8) is 0 Å². The molecular formula is C11H10F4N2O. The monoisotopic (exact) mass is 262 g/mol. The molecule has 0 bridgehead atoms. The van der Waals surface area contributed by atoms with Gasteiger partial charge in [0.2, 0.25) is 5.91 Å². The number of benzene rings is 1. The first-order chi connectivity index (χ1) is 8.29. The predicted octanol–water partition coefficient (Wildman–Crippen LogP) is 2.15. The number of rotatable bonds is 1. The largest absolute Gasteiger partial charge is 0.399 e. The van der Waals surface area contributed by atoms with Gasteiger partial charge in [-0.15, -0.1) is 0 Å². The van der Waals surface area contributed by atoms with Gasteiger partial charge in [0.1, 0.15) is 5.82 Å². The topological polar surface area (TPSA) is 55.1 Å². The predicted molar refractivity (Wildman–Crippen MR) is 55.9 cm³/mol. The highest BCUT2D eigenvalue weighted by molar-refractivity contribution is 5.79. The van der Waals surface area contributed by atoms with Crippen LogP contribution in [0.2, 0.25) is 0 Å². The second kappa shape index (κ2) is 4.15. The van der Waals surface area contributed by atoms with Gasteiger partial charge in [-0.25, -0.2) is 4.39 Å². The van der Waals surface area contributed by atoms with Crippen molar-refractivity contribution in [2.24, 2.45) is 5.92 Å². The summed E-state index contributed by atoms with van der Waals surface area (Å²) in [6.07, 6.45) is -5.26. The van der Waals surface area contributed by atoms with Crippen LogP contribution < -0.4 is 11.1 Å². The van der Waals surface area contributed by atoms with Crippen LogP contribution in [0.3, 0.4) is 0 Å². The molecule has 98 valence electrons. The van der Waals surface area contributed by atoms with Crippen molar-refractivity contribution in [2.45, 2.75) is 18.6 Å². The summed E-state index contributed by atoms with van der Waals surface area (Å²) in [7, 11) is 0. The van der Waals surface area contributed by atoms with Crippen LogP contribution in [0.5, 0.6) is 0 Å². The summed E-state index contributed by atoms with van der Waals surface area (Å²) >= 11 is 0. The van der Waals surface area contributed by atoms with Gasteiger partial charge >= 0.3 is 6.18 Å². The number of amides is 1. The smallest absolute Gasteiger partial charge is 0.394 e. The summed E-state index contributed by atoms with van der Waals surface area (Å²) in [5.74, 6) is -3.49. The molecule has 1 aromatic rings. The lowest BCUT2D eigenvalue weighted by Crippen LogP contribution is -2.30. The minimum absolute atomic E-state index is 0.147. The molecule has 1 aliphatic rings. The molecule has 0 spiro atoms. The Kier molecular flexibility index (Phi) is 2.92. The molecule has 1 fully saturated rings. The maximum absolute atomic E-state index is 13.5. The van der Waals surface area contributed by atoms with Crippen LogP contribution in [0.25, 0.3) is 0 Å². The third-order valence-electron chi connectivity index (χ3n) is 2.90. The van der Waals surface area contributed by atoms with Gasteiger partial charge < -0.3 is 11.1 Å². The number of nitrogens with two attached hydrogens (primary N) is 1. The van der Waals surface area contributed by atoms with Crippen LogP contribution in [0.4, 0.5) is 23.2 Å². The highest BCUT2D eigenvalue weighted by Crippen LogP contribution is 2.42. The molecule has 1 aromatic carbocycles. The Morgan fingerprint density at radius 2 is 2.00 bits per heavy atom. The molecule has 0 aliphatic carbocycles. The number of alkyl halides is 3. The average Bonchev–Trinajstić information content (AvgIpc) is 2.63. The third-order valence-corrected chi connectivity index (χ3v) is 2.90. The normalized spacial score (nSPS) is 24.1. The Morgan fingerprint density at radius 3 is 2.61 bits per heavy atom. The number of nitrogens with one attached hydrogen (secondary N) is 1. The van der Waals surface area contributed by atoms with E-state index in [9.17, 15) is 22.4 Å². The first kappa shape index (κ1) is 12.7. The average molecular weight is 262 g/mol. The van der Waals surface area contributed by atoms with E-state index in [1.54, 1.807) is 0 Å². The first-order valence-corrected chi connectivity index (χ1v) is 5.20. The number of anilines is 1. The fraction of sp³-hybridized carbons (Fsp3) is 0.364. The second-order valence-corrected chi connectivity index (χ2v) is 4.18. The van der Waals surface area contributed by atoms with E-state index in [1.807, 2.05) is 0 Å². The number of halogens is 4. The molecule has 18 heavy (non-hydrogen) atoms. The number of carbonyl (C=O) groups is 1. The van der Waals surface area contributed by atoms with Crippen LogP contribution >= 0.6 is 0 Å². The lowest BCUT2D eigenvalue weighted by molar-refractivity contribution is -0.177. The molecule has 0 radical (unpaired) electrons. The molecule has 1 aliphatic heterocycles. The Bertz CT molecular complexity index is 486. The maximum Gasteiger partial charge on any atom is 0.394 e. The molecule has 3 nitrogen and oxygen atoms in total. The Hall–Kier alpha value is -1.79. The molecule has 7 heteroatoms. The summed E-state index contributed by atoms with van der Waals surface area (Å²) in [5.41, 5.74) is 5.34. The Labute approximate surface area is 100.0 Å². The van der Waals surface area contributed by atoms with Gasteiger partial charge in [-0.1, -0.05) is 0 Å². The summed E-state index contributed by atoms with van der Waals surface area (Å²) < 4.78 is 51.8. The Balaban J connectivity index is 2.42. The van der Waals surface area contributed by atoms with Gasteiger partial charge in [-0.05, 0) is 18.2 Å². The Morgan fingerprint density at radius 1 is 1.33 bits per heavy atom. The summed E-state index contributed by atoms with van der Waals surface area (Å²) in [5, 5.41) is 2.14. The van der Waals surface area contributed by atoms with E-state index in [1.165, 1.54) is 6.07 Å². The minimum atomic E-state index is -4.57. The zero-order chi connectivity index (χ0) is 13.5. The minimum Gasteiger partial charge on any atom is -0.399 e. The quantitative estimate of drug-likeness (QED) is 0.602. The van der Waals surface area contributed by atoms with Crippen molar-refractivity contribution in [3.8, 4) is 0 Å². The van der Waals surface area contributed by atoms with E-state index in [0.29, 0.717) is 0 Å². The van der Waals surface area contributed by atoms with Gasteiger partial charge in [-0.2, -0.15) is 13.2 Å². The van der Waals surface area contributed by atoms with Crippen LogP contribution in [0, 0.1) is 11.7 Å². The molecule has 2 unspecified atom stereocenters. The van der Waals surface area contributed by atoms with E-state index in [4.69, 9.17) is 5.73 Å². The number of carbonyl (C=O) groups excluding carboxylic acids is 1. The van der Waals surface area contributed by atoms with Crippen molar-refractivity contribution in [3.05, 3.63) is 29.6 Å². The fourth-order valence-corrected chi connectivity index (χ4v) is 2.05. The number of nitrogen functional groups attached to an aromatic ring is 1. The van der Waals surface area contributed by atoms with Gasteiger partial charge in [0.15, 0.2) is 0 Å². The highest BCUT2D eigenvalue weighted by atomic mass is 19.4. The van der Waals surface area contributed by atoms with Crippen LogP contribution in [0.15, 0.2) is 18.2 Å². The molecule has 1 amide bonds. The summed E-state index contributed by atoms with van der Waals surface area (Å²) in [4.78, 5) is 11.1. The maximum atomic E-state index is 13.5. The van der Waals surface area contributed by atoms with Crippen LogP contribution in [0.1, 0.15) is 18.0 Å². The van der Waals surface area contributed by atoms with Crippen LogP contribution in [-0.4, -0.2) is 12.1 Å². The first-order valence-electron chi connectivity index (χ1n) is 5.20. The summed E-state index contributed by atoms with van der Waals surface area (Å²) in [6.45, 7) is 0. The molecule has 1 saturated heterocycles. The van der Waals surface area contributed by atoms with E-state index in [0.717, 1.165) is 12.1 Å². The highest BCUT2D eigenvalue weighted by Gasteiger charge is 2.51. The lowest BCUT2D eigenvalue weighted by atomic mass is 9.93. The van der Waals surface area contributed by atoms with Crippen molar-refractivity contribution in [1.82, 2.24) is 5.32 Å².